The van der Waals surface area contributed by atoms with Gasteiger partial charge in [-0.2, -0.15) is 0 Å². The Kier molecular flexibility index (Phi) is 8.80. The molecule has 1 aliphatic rings. The molecule has 1 aliphatic heterocycles. The highest BCUT2D eigenvalue weighted by molar-refractivity contribution is 7.99. The van der Waals surface area contributed by atoms with Gasteiger partial charge >= 0.3 is 5.97 Å². The molecular weight excluding hydrogens is 560 g/mol. The van der Waals surface area contributed by atoms with Gasteiger partial charge in [-0.05, 0) is 55.8 Å². The van der Waals surface area contributed by atoms with Gasteiger partial charge in [0.25, 0.3) is 5.56 Å². The van der Waals surface area contributed by atoms with Crippen LogP contribution >= 0.6 is 23.1 Å². The summed E-state index contributed by atoms with van der Waals surface area (Å²) in [7, 11) is 3.12. The highest BCUT2D eigenvalue weighted by Gasteiger charge is 2.36. The first-order valence-corrected chi connectivity index (χ1v) is 14.9. The van der Waals surface area contributed by atoms with E-state index in [1.54, 1.807) is 50.0 Å². The van der Waals surface area contributed by atoms with E-state index < -0.39 is 12.0 Å². The van der Waals surface area contributed by atoms with E-state index >= 15 is 0 Å². The molecule has 5 rings (SSSR count). The lowest BCUT2D eigenvalue weighted by molar-refractivity contribution is -0.139. The zero-order chi connectivity index (χ0) is 28.9. The molecule has 0 bridgehead atoms. The maximum absolute atomic E-state index is 14.0. The van der Waals surface area contributed by atoms with Crippen LogP contribution in [-0.4, -0.2) is 31.4 Å². The van der Waals surface area contributed by atoms with Gasteiger partial charge in [-0.1, -0.05) is 54.6 Å². The largest absolute Gasteiger partial charge is 0.497 e. The lowest BCUT2D eigenvalue weighted by atomic mass is 9.93. The van der Waals surface area contributed by atoms with Crippen molar-refractivity contribution >= 4 is 35.1 Å². The Bertz CT molecular complexity index is 1770. The number of methoxy groups -OCH3 is 2. The molecular formula is C31H30N2O6S2. The minimum atomic E-state index is -0.820. The highest BCUT2D eigenvalue weighted by atomic mass is 32.2. The third-order valence-electron chi connectivity index (χ3n) is 6.46. The predicted molar refractivity (Wildman–Crippen MR) is 158 cm³/mol. The number of ether oxygens (including phenoxy) is 3. The van der Waals surface area contributed by atoms with Gasteiger partial charge < -0.3 is 18.6 Å². The normalized spacial score (nSPS) is 14.9. The van der Waals surface area contributed by atoms with Crippen molar-refractivity contribution in [2.75, 3.05) is 20.8 Å². The van der Waals surface area contributed by atoms with Crippen molar-refractivity contribution in [3.8, 4) is 11.5 Å². The van der Waals surface area contributed by atoms with E-state index in [9.17, 15) is 9.59 Å². The Morgan fingerprint density at radius 3 is 2.61 bits per heavy atom. The summed E-state index contributed by atoms with van der Waals surface area (Å²) in [5, 5.41) is 0.712. The number of aromatic nitrogens is 1. The average molecular weight is 591 g/mol. The standard InChI is InChI=1S/C31H30N2O6S2/c1-5-10-23-27(30(35)38-6-2)28(22-17-19(36-3)13-15-24(22)37-4)33-29(34)25(41-31(33)32-23)18-20-14-16-26(39-20)40-21-11-8-7-9-12-21/h7-9,11-18,28H,5-6,10H2,1-4H3/b25-18+/t28-/m0/s1. The Labute approximate surface area is 245 Å². The first-order chi connectivity index (χ1) is 20.0. The van der Waals surface area contributed by atoms with Crippen LogP contribution in [-0.2, 0) is 9.53 Å². The Morgan fingerprint density at radius 1 is 1.10 bits per heavy atom. The number of hydrogen-bond donors (Lipinski definition) is 0. The lowest BCUT2D eigenvalue weighted by Crippen LogP contribution is -2.40. The second-order valence-corrected chi connectivity index (χ2v) is 11.2. The second-order valence-electron chi connectivity index (χ2n) is 9.09. The van der Waals surface area contributed by atoms with E-state index in [2.05, 4.69) is 0 Å². The van der Waals surface area contributed by atoms with Crippen LogP contribution in [0.3, 0.4) is 0 Å². The Balaban J connectivity index is 1.68. The van der Waals surface area contributed by atoms with Crippen LogP contribution in [0.4, 0.5) is 0 Å². The van der Waals surface area contributed by atoms with Crippen LogP contribution < -0.4 is 24.4 Å². The van der Waals surface area contributed by atoms with E-state index in [0.29, 0.717) is 54.9 Å². The number of fused-ring (bicyclic) bond motifs is 1. The summed E-state index contributed by atoms with van der Waals surface area (Å²) in [4.78, 5) is 33.8. The van der Waals surface area contributed by atoms with Gasteiger partial charge in [0.1, 0.15) is 23.3 Å². The van der Waals surface area contributed by atoms with Gasteiger partial charge in [-0.25, -0.2) is 9.79 Å². The predicted octanol–water partition coefficient (Wildman–Crippen LogP) is 5.34. The van der Waals surface area contributed by atoms with E-state index in [-0.39, 0.29) is 12.2 Å². The van der Waals surface area contributed by atoms with Crippen LogP contribution in [0.2, 0.25) is 0 Å². The average Bonchev–Trinajstić information content (AvgIpc) is 3.55. The SMILES string of the molecule is CCCC1=C(C(=O)OCC)[C@H](c2cc(OC)ccc2OC)n2c(s/c(=C/c3ccc(Sc4ccccc4)o3)c2=O)=N1. The van der Waals surface area contributed by atoms with Crippen LogP contribution in [0.1, 0.15) is 44.1 Å². The number of hydrogen-bond acceptors (Lipinski definition) is 9. The maximum atomic E-state index is 14.0. The molecule has 10 heteroatoms. The number of allylic oxidation sites excluding steroid dienone is 1. The van der Waals surface area contributed by atoms with Gasteiger partial charge in [0.05, 0.1) is 36.6 Å². The minimum absolute atomic E-state index is 0.190. The van der Waals surface area contributed by atoms with E-state index in [4.69, 9.17) is 23.6 Å². The molecule has 212 valence electrons. The molecule has 0 aliphatic carbocycles. The van der Waals surface area contributed by atoms with Crippen molar-refractivity contribution in [1.29, 1.82) is 0 Å². The lowest BCUT2D eigenvalue weighted by Gasteiger charge is -2.27. The molecule has 0 fully saturated rings. The summed E-state index contributed by atoms with van der Waals surface area (Å²) >= 11 is 2.75. The summed E-state index contributed by atoms with van der Waals surface area (Å²) in [6, 6.07) is 18.1. The van der Waals surface area contributed by atoms with Crippen LogP contribution in [0.25, 0.3) is 6.08 Å². The molecule has 0 saturated carbocycles. The molecule has 4 aromatic rings. The van der Waals surface area contributed by atoms with Gasteiger partial charge in [-0.15, -0.1) is 0 Å². The first kappa shape index (κ1) is 28.5. The zero-order valence-corrected chi connectivity index (χ0v) is 24.8. The quantitative estimate of drug-likeness (QED) is 0.230. The number of esters is 1. The minimum Gasteiger partial charge on any atom is -0.497 e. The smallest absolute Gasteiger partial charge is 0.338 e. The molecule has 0 spiro atoms. The number of nitrogens with zero attached hydrogens (tertiary/aromatic N) is 2. The molecule has 3 heterocycles. The van der Waals surface area contributed by atoms with Crippen LogP contribution in [0.15, 0.2) is 96.1 Å². The summed E-state index contributed by atoms with van der Waals surface area (Å²) in [6.45, 7) is 3.96. The highest BCUT2D eigenvalue weighted by Crippen LogP contribution is 2.38. The van der Waals surface area contributed by atoms with E-state index in [1.165, 1.54) is 23.1 Å². The molecule has 41 heavy (non-hydrogen) atoms. The Morgan fingerprint density at radius 2 is 1.90 bits per heavy atom. The van der Waals surface area contributed by atoms with Gasteiger partial charge in [0, 0.05) is 16.5 Å². The van der Waals surface area contributed by atoms with Crippen molar-refractivity contribution in [1.82, 2.24) is 4.57 Å². The number of benzene rings is 2. The summed E-state index contributed by atoms with van der Waals surface area (Å²) < 4.78 is 24.7. The van der Waals surface area contributed by atoms with E-state index in [1.807, 2.05) is 49.4 Å². The van der Waals surface area contributed by atoms with Crippen LogP contribution in [0, 0.1) is 0 Å². The molecule has 1 atom stereocenters. The topological polar surface area (TPSA) is 92.3 Å². The summed E-state index contributed by atoms with van der Waals surface area (Å²) in [6.07, 6.45) is 3.01. The fourth-order valence-electron chi connectivity index (χ4n) is 4.67. The third kappa shape index (κ3) is 5.89. The monoisotopic (exact) mass is 590 g/mol. The molecule has 8 nitrogen and oxygen atoms in total. The summed E-state index contributed by atoms with van der Waals surface area (Å²) in [5.74, 6) is 1.11. The van der Waals surface area contributed by atoms with Gasteiger partial charge in [0.15, 0.2) is 9.89 Å². The van der Waals surface area contributed by atoms with Crippen molar-refractivity contribution in [2.45, 2.75) is 42.7 Å². The molecule has 0 amide bonds. The molecule has 0 saturated heterocycles. The number of furan rings is 1. The van der Waals surface area contributed by atoms with Crippen molar-refractivity contribution in [3.63, 3.8) is 0 Å². The maximum Gasteiger partial charge on any atom is 0.338 e. The van der Waals surface area contributed by atoms with Gasteiger partial charge in [0.2, 0.25) is 0 Å². The van der Waals surface area contributed by atoms with Crippen molar-refractivity contribution < 1.29 is 23.4 Å². The molecule has 0 radical (unpaired) electrons. The molecule has 2 aromatic heterocycles. The van der Waals surface area contributed by atoms with Gasteiger partial charge in [-0.3, -0.25) is 9.36 Å². The zero-order valence-electron chi connectivity index (χ0n) is 23.2. The number of carbonyl (C=O) groups excluding carboxylic acids is 1. The van der Waals surface area contributed by atoms with Crippen molar-refractivity contribution in [2.24, 2.45) is 4.99 Å². The van der Waals surface area contributed by atoms with E-state index in [0.717, 1.165) is 11.3 Å². The third-order valence-corrected chi connectivity index (χ3v) is 8.37. The van der Waals surface area contributed by atoms with Crippen molar-refractivity contribution in [3.05, 3.63) is 103 Å². The number of carbonyl (C=O) groups is 1. The molecule has 0 unspecified atom stereocenters. The fraction of sp³-hybridized carbons (Fsp3) is 0.258. The Hall–Kier alpha value is -4.02. The number of thiazole rings is 1. The fourth-order valence-corrected chi connectivity index (χ4v) is 6.47. The molecule has 2 aromatic carbocycles. The van der Waals surface area contributed by atoms with Crippen LogP contribution in [0.5, 0.6) is 11.5 Å². The number of rotatable bonds is 10. The molecule has 0 N–H and O–H groups in total. The second kappa shape index (κ2) is 12.7. The first-order valence-electron chi connectivity index (χ1n) is 13.2. The summed E-state index contributed by atoms with van der Waals surface area (Å²) in [5.41, 5.74) is 1.22.